The molecule has 1 atom stereocenters. The van der Waals surface area contributed by atoms with Crippen molar-refractivity contribution in [1.29, 1.82) is 0 Å². The summed E-state index contributed by atoms with van der Waals surface area (Å²) in [4.78, 5) is 40.1. The molecule has 186 valence electrons. The van der Waals surface area contributed by atoms with E-state index in [1.165, 1.54) is 0 Å². The Kier molecular flexibility index (Phi) is 6.29. The second-order valence-electron chi connectivity index (χ2n) is 10.1. The highest BCUT2D eigenvalue weighted by Gasteiger charge is 2.59. The zero-order valence-electron chi connectivity index (χ0n) is 20.7. The van der Waals surface area contributed by atoms with Crippen molar-refractivity contribution < 1.29 is 28.6 Å². The Morgan fingerprint density at radius 2 is 1.33 bits per heavy atom. The number of benzene rings is 2. The third kappa shape index (κ3) is 4.04. The lowest BCUT2D eigenvalue weighted by atomic mass is 9.68. The predicted octanol–water partition coefficient (Wildman–Crippen LogP) is 5.22. The Hall–Kier alpha value is -3.67. The van der Waals surface area contributed by atoms with Gasteiger partial charge in [0.05, 0.1) is 12.0 Å². The Balaban J connectivity index is 1.47. The van der Waals surface area contributed by atoms with Crippen molar-refractivity contribution in [3.05, 3.63) is 94.1 Å². The fourth-order valence-corrected chi connectivity index (χ4v) is 5.78. The fourth-order valence-electron chi connectivity index (χ4n) is 5.78. The van der Waals surface area contributed by atoms with Gasteiger partial charge in [-0.15, -0.1) is 0 Å². The van der Waals surface area contributed by atoms with E-state index < -0.39 is 22.8 Å². The number of hydrogen-bond acceptors (Lipinski definition) is 6. The van der Waals surface area contributed by atoms with Crippen molar-refractivity contribution in [2.24, 2.45) is 10.8 Å². The van der Waals surface area contributed by atoms with Gasteiger partial charge >= 0.3 is 17.9 Å². The molecule has 1 saturated carbocycles. The number of carbonyl (C=O) groups is 3. The smallest absolute Gasteiger partial charge is 0.324 e. The van der Waals surface area contributed by atoms with Crippen LogP contribution in [-0.2, 0) is 41.8 Å². The number of esters is 3. The summed E-state index contributed by atoms with van der Waals surface area (Å²) in [7, 11) is 0. The van der Waals surface area contributed by atoms with Crippen LogP contribution >= 0.6 is 0 Å². The largest absolute Gasteiger partial charge is 0.465 e. The molecular formula is C30H30O6. The summed E-state index contributed by atoms with van der Waals surface area (Å²) in [6.45, 7) is 4.44. The summed E-state index contributed by atoms with van der Waals surface area (Å²) >= 11 is 0. The molecule has 1 aliphatic heterocycles. The van der Waals surface area contributed by atoms with E-state index >= 15 is 0 Å². The van der Waals surface area contributed by atoms with Crippen molar-refractivity contribution in [3.8, 4) is 0 Å². The minimum absolute atomic E-state index is 0.0692. The molecule has 2 fully saturated rings. The number of ether oxygens (including phenoxy) is 3. The van der Waals surface area contributed by atoms with Gasteiger partial charge in [0.15, 0.2) is 5.41 Å². The van der Waals surface area contributed by atoms with Crippen LogP contribution in [0, 0.1) is 10.8 Å². The van der Waals surface area contributed by atoms with Gasteiger partial charge in [-0.05, 0) is 55.4 Å². The molecule has 0 aromatic heterocycles. The first-order valence-electron chi connectivity index (χ1n) is 12.3. The fraction of sp³-hybridized carbons (Fsp3) is 0.367. The molecular weight excluding hydrogens is 456 g/mol. The molecule has 1 heterocycles. The maximum absolute atomic E-state index is 13.7. The molecule has 6 heteroatoms. The maximum atomic E-state index is 13.7. The molecule has 3 aliphatic rings. The normalized spacial score (nSPS) is 22.4. The summed E-state index contributed by atoms with van der Waals surface area (Å²) in [6.07, 6.45) is 1.51. The number of allylic oxidation sites excluding steroid dienone is 3. The minimum Gasteiger partial charge on any atom is -0.465 e. The lowest BCUT2D eigenvalue weighted by Crippen LogP contribution is -2.39. The lowest BCUT2D eigenvalue weighted by molar-refractivity contribution is -0.173. The van der Waals surface area contributed by atoms with Crippen LogP contribution in [0.25, 0.3) is 0 Å². The van der Waals surface area contributed by atoms with Crippen LogP contribution in [-0.4, -0.2) is 24.5 Å². The highest BCUT2D eigenvalue weighted by atomic mass is 16.6. The Labute approximate surface area is 210 Å². The molecule has 0 bridgehead atoms. The molecule has 36 heavy (non-hydrogen) atoms. The highest BCUT2D eigenvalue weighted by Crippen LogP contribution is 2.58. The van der Waals surface area contributed by atoms with Gasteiger partial charge in [-0.1, -0.05) is 71.8 Å². The highest BCUT2D eigenvalue weighted by molar-refractivity contribution is 6.02. The van der Waals surface area contributed by atoms with E-state index in [9.17, 15) is 14.4 Å². The lowest BCUT2D eigenvalue weighted by Gasteiger charge is -2.33. The summed E-state index contributed by atoms with van der Waals surface area (Å²) < 4.78 is 16.8. The van der Waals surface area contributed by atoms with E-state index in [2.05, 4.69) is 0 Å². The van der Waals surface area contributed by atoms with Gasteiger partial charge in [0, 0.05) is 6.42 Å². The second-order valence-corrected chi connectivity index (χ2v) is 10.1. The summed E-state index contributed by atoms with van der Waals surface area (Å²) in [6, 6.07) is 18.8. The Morgan fingerprint density at radius 3 is 1.83 bits per heavy atom. The zero-order valence-corrected chi connectivity index (χ0v) is 20.7. The SMILES string of the molecule is CC1=C2CC(C(=O)OCc3ccccc3)(C(=O)OCc3ccccc3)CC2=C(C)[C@@]2(CCOC2=O)C1. The van der Waals surface area contributed by atoms with E-state index in [0.717, 1.165) is 33.4 Å². The quantitative estimate of drug-likeness (QED) is 0.316. The topological polar surface area (TPSA) is 78.9 Å². The minimum atomic E-state index is -1.50. The molecule has 2 aromatic rings. The van der Waals surface area contributed by atoms with E-state index in [-0.39, 0.29) is 32.0 Å². The first-order valence-corrected chi connectivity index (χ1v) is 12.3. The molecule has 0 radical (unpaired) electrons. The Morgan fingerprint density at radius 1 is 0.806 bits per heavy atom. The average molecular weight is 487 g/mol. The van der Waals surface area contributed by atoms with E-state index in [1.807, 2.05) is 74.5 Å². The van der Waals surface area contributed by atoms with Gasteiger partial charge in [0.25, 0.3) is 0 Å². The van der Waals surface area contributed by atoms with Crippen molar-refractivity contribution >= 4 is 17.9 Å². The number of hydrogen-bond donors (Lipinski definition) is 0. The van der Waals surface area contributed by atoms with E-state index in [1.54, 1.807) is 0 Å². The van der Waals surface area contributed by atoms with Crippen molar-refractivity contribution in [3.63, 3.8) is 0 Å². The van der Waals surface area contributed by atoms with Crippen LogP contribution in [0.3, 0.4) is 0 Å². The van der Waals surface area contributed by atoms with Gasteiger partial charge < -0.3 is 14.2 Å². The van der Waals surface area contributed by atoms with Crippen LogP contribution in [0.2, 0.25) is 0 Å². The Bertz CT molecular complexity index is 1200. The standard InChI is InChI=1S/C30H30O6/c1-20-15-29(13-14-34-26(29)31)21(2)25-17-30(16-24(20)25,27(32)35-18-22-9-5-3-6-10-22)28(33)36-19-23-11-7-4-8-12-23/h3-12H,13-19H2,1-2H3/t29-/m1/s1. The first kappa shape index (κ1) is 24.0. The van der Waals surface area contributed by atoms with Crippen LogP contribution in [0.5, 0.6) is 0 Å². The second kappa shape index (κ2) is 9.41. The van der Waals surface area contributed by atoms with Crippen molar-refractivity contribution in [2.75, 3.05) is 6.61 Å². The van der Waals surface area contributed by atoms with Gasteiger partial charge in [-0.25, -0.2) is 0 Å². The summed E-state index contributed by atoms with van der Waals surface area (Å²) in [5.74, 6) is -1.41. The zero-order chi connectivity index (χ0) is 25.3. The molecule has 1 saturated heterocycles. The molecule has 5 rings (SSSR count). The molecule has 0 N–H and O–H groups in total. The maximum Gasteiger partial charge on any atom is 0.324 e. The number of carbonyl (C=O) groups excluding carboxylic acids is 3. The summed E-state index contributed by atoms with van der Waals surface area (Å²) in [5.41, 5.74) is 3.26. The van der Waals surface area contributed by atoms with Gasteiger partial charge in [0.2, 0.25) is 0 Å². The monoisotopic (exact) mass is 486 g/mol. The van der Waals surface area contributed by atoms with Crippen molar-refractivity contribution in [2.45, 2.75) is 52.7 Å². The average Bonchev–Trinajstić information content (AvgIpc) is 3.49. The molecule has 2 aliphatic carbocycles. The molecule has 0 amide bonds. The number of rotatable bonds is 6. The van der Waals surface area contributed by atoms with Crippen LogP contribution < -0.4 is 0 Å². The summed E-state index contributed by atoms with van der Waals surface area (Å²) in [5, 5.41) is 0. The molecule has 2 aromatic carbocycles. The number of cyclic esters (lactones) is 1. The number of fused-ring (bicyclic) bond motifs is 1. The third-order valence-corrected chi connectivity index (χ3v) is 7.93. The third-order valence-electron chi connectivity index (χ3n) is 7.93. The van der Waals surface area contributed by atoms with E-state index in [0.29, 0.717) is 19.4 Å². The van der Waals surface area contributed by atoms with Gasteiger partial charge in [0.1, 0.15) is 13.2 Å². The van der Waals surface area contributed by atoms with Crippen LogP contribution in [0.15, 0.2) is 83.0 Å². The van der Waals surface area contributed by atoms with Gasteiger partial charge in [-0.2, -0.15) is 0 Å². The molecule has 1 spiro atoms. The van der Waals surface area contributed by atoms with Crippen LogP contribution in [0.4, 0.5) is 0 Å². The molecule has 0 unspecified atom stereocenters. The van der Waals surface area contributed by atoms with Gasteiger partial charge in [-0.3, -0.25) is 14.4 Å². The first-order chi connectivity index (χ1) is 17.4. The van der Waals surface area contributed by atoms with Crippen LogP contribution in [0.1, 0.15) is 50.7 Å². The van der Waals surface area contributed by atoms with Crippen molar-refractivity contribution in [1.82, 2.24) is 0 Å². The predicted molar refractivity (Wildman–Crippen MR) is 132 cm³/mol. The molecule has 6 nitrogen and oxygen atoms in total. The van der Waals surface area contributed by atoms with E-state index in [4.69, 9.17) is 14.2 Å².